The summed E-state index contributed by atoms with van der Waals surface area (Å²) in [5.41, 5.74) is 0.0829. The van der Waals surface area contributed by atoms with Crippen molar-refractivity contribution in [1.29, 1.82) is 0 Å². The molecule has 100 valence electrons. The van der Waals surface area contributed by atoms with E-state index in [0.29, 0.717) is 36.2 Å². The number of hydrogen-bond donors (Lipinski definition) is 0. The number of hydrogen-bond acceptors (Lipinski definition) is 2. The van der Waals surface area contributed by atoms with Crippen molar-refractivity contribution in [3.05, 3.63) is 0 Å². The molecular weight excluding hydrogens is 224 g/mol. The van der Waals surface area contributed by atoms with E-state index < -0.39 is 0 Å². The second-order valence-electron chi connectivity index (χ2n) is 7.13. The maximum Gasteiger partial charge on any atom is 0.139 e. The number of Topliss-reactive ketones (excluding diaryl/α,β-unsaturated/α-hetero) is 2. The van der Waals surface area contributed by atoms with Gasteiger partial charge >= 0.3 is 0 Å². The first-order chi connectivity index (χ1) is 8.54. The third-order valence-electron chi connectivity index (χ3n) is 5.83. The standard InChI is InChI=1S/C16H24O2/c1-10(2)15(18)14-11-7-12-5-3-4-6-16(12,14)9-13(17)8-11/h10-12,14H,3-9H2,1-2H3/t11?,12?,14-,16?/m1/s1. The fraction of sp³-hybridized carbons (Fsp3) is 0.875. The summed E-state index contributed by atoms with van der Waals surface area (Å²) in [5.74, 6) is 2.25. The summed E-state index contributed by atoms with van der Waals surface area (Å²) in [6, 6.07) is 0. The summed E-state index contributed by atoms with van der Waals surface area (Å²) in [6.07, 6.45) is 7.44. The van der Waals surface area contributed by atoms with E-state index in [4.69, 9.17) is 0 Å². The van der Waals surface area contributed by atoms with Crippen LogP contribution in [-0.2, 0) is 9.59 Å². The van der Waals surface area contributed by atoms with Crippen LogP contribution in [0.5, 0.6) is 0 Å². The average molecular weight is 248 g/mol. The van der Waals surface area contributed by atoms with E-state index in [2.05, 4.69) is 0 Å². The zero-order valence-electron chi connectivity index (χ0n) is 11.6. The van der Waals surface area contributed by atoms with Gasteiger partial charge in [-0.2, -0.15) is 0 Å². The molecule has 4 atom stereocenters. The van der Waals surface area contributed by atoms with E-state index in [1.54, 1.807) is 0 Å². The van der Waals surface area contributed by atoms with Crippen molar-refractivity contribution < 1.29 is 9.59 Å². The van der Waals surface area contributed by atoms with E-state index >= 15 is 0 Å². The van der Waals surface area contributed by atoms with Crippen LogP contribution in [0.2, 0.25) is 0 Å². The van der Waals surface area contributed by atoms with E-state index in [9.17, 15) is 9.59 Å². The predicted octanol–water partition coefficient (Wildman–Crippen LogP) is 3.39. The SMILES string of the molecule is CC(C)C(=O)[C@H]1C2CC(=O)CC13CCCCC3C2. The second kappa shape index (κ2) is 4.18. The van der Waals surface area contributed by atoms with Crippen LogP contribution in [0.25, 0.3) is 0 Å². The molecular formula is C16H24O2. The summed E-state index contributed by atoms with van der Waals surface area (Å²) in [7, 11) is 0. The van der Waals surface area contributed by atoms with Gasteiger partial charge in [-0.05, 0) is 36.5 Å². The van der Waals surface area contributed by atoms with Crippen LogP contribution in [0, 0.1) is 29.1 Å². The first-order valence-electron chi connectivity index (χ1n) is 7.60. The lowest BCUT2D eigenvalue weighted by Gasteiger charge is -2.46. The van der Waals surface area contributed by atoms with Crippen molar-refractivity contribution in [3.8, 4) is 0 Å². The molecule has 18 heavy (non-hydrogen) atoms. The van der Waals surface area contributed by atoms with Crippen LogP contribution in [0.15, 0.2) is 0 Å². The lowest BCUT2D eigenvalue weighted by Crippen LogP contribution is -2.46. The lowest BCUT2D eigenvalue weighted by atomic mass is 9.57. The molecule has 3 fully saturated rings. The fourth-order valence-corrected chi connectivity index (χ4v) is 5.22. The Labute approximate surface area is 110 Å². The van der Waals surface area contributed by atoms with Crippen molar-refractivity contribution in [1.82, 2.24) is 0 Å². The van der Waals surface area contributed by atoms with Crippen molar-refractivity contribution in [3.63, 3.8) is 0 Å². The highest BCUT2D eigenvalue weighted by Crippen LogP contribution is 2.64. The number of rotatable bonds is 2. The maximum atomic E-state index is 12.6. The average Bonchev–Trinajstić information content (AvgIpc) is 2.51. The van der Waals surface area contributed by atoms with Gasteiger partial charge in [-0.15, -0.1) is 0 Å². The minimum absolute atomic E-state index is 0.0829. The highest BCUT2D eigenvalue weighted by molar-refractivity contribution is 5.89. The Hall–Kier alpha value is -0.660. The van der Waals surface area contributed by atoms with Crippen LogP contribution in [0.3, 0.4) is 0 Å². The molecule has 0 amide bonds. The molecule has 2 heteroatoms. The van der Waals surface area contributed by atoms with Gasteiger partial charge in [-0.25, -0.2) is 0 Å². The largest absolute Gasteiger partial charge is 0.300 e. The Morgan fingerprint density at radius 1 is 1.33 bits per heavy atom. The predicted molar refractivity (Wildman–Crippen MR) is 70.1 cm³/mol. The smallest absolute Gasteiger partial charge is 0.139 e. The van der Waals surface area contributed by atoms with Gasteiger partial charge in [-0.3, -0.25) is 9.59 Å². The summed E-state index contributed by atoms with van der Waals surface area (Å²) in [4.78, 5) is 24.6. The van der Waals surface area contributed by atoms with Gasteiger partial charge in [0.05, 0.1) is 0 Å². The quantitative estimate of drug-likeness (QED) is 0.750. The number of carbonyl (C=O) groups is 2. The van der Waals surface area contributed by atoms with Gasteiger partial charge in [-0.1, -0.05) is 26.7 Å². The highest BCUT2D eigenvalue weighted by Gasteiger charge is 2.61. The molecule has 3 unspecified atom stereocenters. The summed E-state index contributed by atoms with van der Waals surface area (Å²) in [5, 5.41) is 0. The maximum absolute atomic E-state index is 12.6. The minimum Gasteiger partial charge on any atom is -0.300 e. The molecule has 3 rings (SSSR count). The van der Waals surface area contributed by atoms with Crippen LogP contribution < -0.4 is 0 Å². The third kappa shape index (κ3) is 1.60. The third-order valence-corrected chi connectivity index (χ3v) is 5.83. The zero-order chi connectivity index (χ0) is 12.9. The van der Waals surface area contributed by atoms with Gasteiger partial charge in [0, 0.05) is 24.7 Å². The molecule has 3 aliphatic carbocycles. The molecule has 0 aromatic rings. The first kappa shape index (κ1) is 12.4. The molecule has 0 aromatic carbocycles. The van der Waals surface area contributed by atoms with Crippen LogP contribution in [0.4, 0.5) is 0 Å². The van der Waals surface area contributed by atoms with Crippen molar-refractivity contribution in [2.24, 2.45) is 29.1 Å². The minimum atomic E-state index is 0.0829. The van der Waals surface area contributed by atoms with Crippen molar-refractivity contribution in [2.75, 3.05) is 0 Å². The van der Waals surface area contributed by atoms with Crippen LogP contribution in [-0.4, -0.2) is 11.6 Å². The van der Waals surface area contributed by atoms with Gasteiger partial charge in [0.15, 0.2) is 0 Å². The number of ketones is 2. The summed E-state index contributed by atoms with van der Waals surface area (Å²) in [6.45, 7) is 4.04. The van der Waals surface area contributed by atoms with E-state index in [-0.39, 0.29) is 17.3 Å². The van der Waals surface area contributed by atoms with Crippen LogP contribution in [0.1, 0.15) is 58.8 Å². The summed E-state index contributed by atoms with van der Waals surface area (Å²) < 4.78 is 0. The molecule has 3 aliphatic rings. The van der Waals surface area contributed by atoms with Gasteiger partial charge < -0.3 is 0 Å². The van der Waals surface area contributed by atoms with Gasteiger partial charge in [0.25, 0.3) is 0 Å². The Morgan fingerprint density at radius 2 is 2.11 bits per heavy atom. The molecule has 0 N–H and O–H groups in total. The van der Waals surface area contributed by atoms with Gasteiger partial charge in [0.1, 0.15) is 11.6 Å². The zero-order valence-corrected chi connectivity index (χ0v) is 11.6. The number of fused-ring (bicyclic) bond motifs is 1. The highest BCUT2D eigenvalue weighted by atomic mass is 16.1. The summed E-state index contributed by atoms with van der Waals surface area (Å²) >= 11 is 0. The molecule has 0 radical (unpaired) electrons. The van der Waals surface area contributed by atoms with E-state index in [0.717, 1.165) is 12.8 Å². The fourth-order valence-electron chi connectivity index (χ4n) is 5.22. The molecule has 2 nitrogen and oxygen atoms in total. The van der Waals surface area contributed by atoms with E-state index in [1.165, 1.54) is 19.3 Å². The van der Waals surface area contributed by atoms with Gasteiger partial charge in [0.2, 0.25) is 0 Å². The first-order valence-corrected chi connectivity index (χ1v) is 7.60. The van der Waals surface area contributed by atoms with Crippen LogP contribution >= 0.6 is 0 Å². The molecule has 0 saturated heterocycles. The topological polar surface area (TPSA) is 34.1 Å². The molecule has 1 spiro atoms. The van der Waals surface area contributed by atoms with E-state index in [1.807, 2.05) is 13.8 Å². The molecule has 3 saturated carbocycles. The Bertz CT molecular complexity index is 385. The monoisotopic (exact) mass is 248 g/mol. The normalized spacial score (nSPS) is 43.1. The Morgan fingerprint density at radius 3 is 2.83 bits per heavy atom. The number of carbonyl (C=O) groups excluding carboxylic acids is 2. The molecule has 0 aliphatic heterocycles. The molecule has 0 aromatic heterocycles. The van der Waals surface area contributed by atoms with Crippen molar-refractivity contribution >= 4 is 11.6 Å². The Kier molecular flexibility index (Phi) is 2.87. The second-order valence-corrected chi connectivity index (χ2v) is 7.13. The lowest BCUT2D eigenvalue weighted by molar-refractivity contribution is -0.140. The Balaban J connectivity index is 1.98. The van der Waals surface area contributed by atoms with Crippen molar-refractivity contribution in [2.45, 2.75) is 58.8 Å². The molecule has 2 bridgehead atoms. The molecule has 0 heterocycles.